The highest BCUT2D eigenvalue weighted by Crippen LogP contribution is 2.13. The van der Waals surface area contributed by atoms with Crippen molar-refractivity contribution in [3.05, 3.63) is 47.8 Å². The van der Waals surface area contributed by atoms with Gasteiger partial charge in [0.25, 0.3) is 0 Å². The van der Waals surface area contributed by atoms with Crippen LogP contribution in [0.3, 0.4) is 0 Å². The number of anilines is 1. The van der Waals surface area contributed by atoms with Crippen LogP contribution in [0, 0.1) is 11.6 Å². The molecule has 0 bridgehead atoms. The maximum atomic E-state index is 12.9. The predicted molar refractivity (Wildman–Crippen MR) is 56.9 cm³/mol. The van der Waals surface area contributed by atoms with Crippen LogP contribution in [0.1, 0.15) is 5.69 Å². The van der Waals surface area contributed by atoms with Crippen LogP contribution in [-0.4, -0.2) is 9.78 Å². The number of nitrogens with zero attached hydrogens (tertiary/aromatic N) is 2. The first-order valence-electron chi connectivity index (χ1n) is 4.82. The number of nitrogens with one attached hydrogen (secondary N) is 1. The third-order valence-corrected chi connectivity index (χ3v) is 2.32. The Hall–Kier alpha value is -1.91. The molecule has 0 unspecified atom stereocenters. The van der Waals surface area contributed by atoms with Gasteiger partial charge in [-0.25, -0.2) is 8.78 Å². The van der Waals surface area contributed by atoms with E-state index in [-0.39, 0.29) is 0 Å². The lowest BCUT2D eigenvalue weighted by atomic mass is 10.3. The molecule has 0 spiro atoms. The predicted octanol–water partition coefficient (Wildman–Crippen LogP) is 2.31. The van der Waals surface area contributed by atoms with Gasteiger partial charge in [-0.2, -0.15) is 5.10 Å². The van der Waals surface area contributed by atoms with Gasteiger partial charge in [0.2, 0.25) is 0 Å². The van der Waals surface area contributed by atoms with Crippen molar-refractivity contribution in [2.75, 3.05) is 5.32 Å². The summed E-state index contributed by atoms with van der Waals surface area (Å²) in [5.74, 6) is -1.69. The zero-order valence-electron chi connectivity index (χ0n) is 8.74. The topological polar surface area (TPSA) is 29.9 Å². The summed E-state index contributed by atoms with van der Waals surface area (Å²) in [6.45, 7) is 0.515. The van der Waals surface area contributed by atoms with Crippen molar-refractivity contribution < 1.29 is 8.78 Å². The standard InChI is InChI=1S/C11H11F2N3/c1-16-9(4-5-15-16)7-14-8-2-3-10(12)11(13)6-8/h2-6,14H,7H2,1H3. The van der Waals surface area contributed by atoms with Gasteiger partial charge in [0.05, 0.1) is 12.2 Å². The van der Waals surface area contributed by atoms with Gasteiger partial charge < -0.3 is 5.32 Å². The summed E-state index contributed by atoms with van der Waals surface area (Å²) in [5, 5.41) is 6.99. The lowest BCUT2D eigenvalue weighted by molar-refractivity contribution is 0.509. The zero-order chi connectivity index (χ0) is 11.5. The normalized spacial score (nSPS) is 10.4. The Morgan fingerprint density at radius 3 is 2.69 bits per heavy atom. The molecule has 1 aromatic heterocycles. The molecule has 0 radical (unpaired) electrons. The number of benzene rings is 1. The molecule has 1 N–H and O–H groups in total. The maximum absolute atomic E-state index is 12.9. The van der Waals surface area contributed by atoms with Crippen molar-refractivity contribution in [3.8, 4) is 0 Å². The van der Waals surface area contributed by atoms with E-state index in [9.17, 15) is 8.78 Å². The van der Waals surface area contributed by atoms with E-state index >= 15 is 0 Å². The fourth-order valence-electron chi connectivity index (χ4n) is 1.37. The Labute approximate surface area is 91.7 Å². The van der Waals surface area contributed by atoms with Crippen LogP contribution < -0.4 is 5.32 Å². The number of aryl methyl sites for hydroxylation is 1. The fourth-order valence-corrected chi connectivity index (χ4v) is 1.37. The molecule has 0 aliphatic carbocycles. The molecule has 2 aromatic rings. The molecule has 16 heavy (non-hydrogen) atoms. The highest BCUT2D eigenvalue weighted by atomic mass is 19.2. The minimum absolute atomic E-state index is 0.515. The van der Waals surface area contributed by atoms with Gasteiger partial charge in [0, 0.05) is 25.0 Å². The molecule has 0 atom stereocenters. The van der Waals surface area contributed by atoms with Crippen LogP contribution in [0.15, 0.2) is 30.5 Å². The Bertz CT molecular complexity index is 494. The van der Waals surface area contributed by atoms with Crippen LogP contribution in [0.25, 0.3) is 0 Å². The van der Waals surface area contributed by atoms with E-state index in [1.165, 1.54) is 6.07 Å². The van der Waals surface area contributed by atoms with E-state index in [4.69, 9.17) is 0 Å². The van der Waals surface area contributed by atoms with E-state index in [1.54, 1.807) is 10.9 Å². The molecule has 2 rings (SSSR count). The van der Waals surface area contributed by atoms with Gasteiger partial charge in [-0.05, 0) is 18.2 Å². The van der Waals surface area contributed by atoms with Crippen LogP contribution in [0.5, 0.6) is 0 Å². The molecular formula is C11H11F2N3. The molecule has 0 saturated heterocycles. The summed E-state index contributed by atoms with van der Waals surface area (Å²) < 4.78 is 27.3. The minimum atomic E-state index is -0.852. The van der Waals surface area contributed by atoms with Gasteiger partial charge in [0.1, 0.15) is 0 Å². The summed E-state index contributed by atoms with van der Waals surface area (Å²) in [5.41, 5.74) is 1.50. The highest BCUT2D eigenvalue weighted by Gasteiger charge is 2.03. The van der Waals surface area contributed by atoms with E-state index < -0.39 is 11.6 Å². The summed E-state index contributed by atoms with van der Waals surface area (Å²) >= 11 is 0. The Kier molecular flexibility index (Phi) is 2.85. The van der Waals surface area contributed by atoms with E-state index in [1.807, 2.05) is 13.1 Å². The second kappa shape index (κ2) is 4.30. The first kappa shape index (κ1) is 10.6. The van der Waals surface area contributed by atoms with Gasteiger partial charge in [-0.15, -0.1) is 0 Å². The molecule has 0 amide bonds. The zero-order valence-corrected chi connectivity index (χ0v) is 8.74. The number of halogens is 2. The lowest BCUT2D eigenvalue weighted by Crippen LogP contribution is -2.05. The number of rotatable bonds is 3. The van der Waals surface area contributed by atoms with Gasteiger partial charge in [-0.1, -0.05) is 0 Å². The van der Waals surface area contributed by atoms with Crippen LogP contribution in [-0.2, 0) is 13.6 Å². The first-order chi connectivity index (χ1) is 7.66. The fraction of sp³-hybridized carbons (Fsp3) is 0.182. The summed E-state index contributed by atoms with van der Waals surface area (Å²) in [4.78, 5) is 0. The van der Waals surface area contributed by atoms with E-state index in [0.29, 0.717) is 12.2 Å². The summed E-state index contributed by atoms with van der Waals surface area (Å²) in [6, 6.07) is 5.58. The van der Waals surface area contributed by atoms with Crippen LogP contribution in [0.4, 0.5) is 14.5 Å². The monoisotopic (exact) mass is 223 g/mol. The molecule has 0 saturated carbocycles. The van der Waals surface area contributed by atoms with Crippen molar-refractivity contribution in [2.45, 2.75) is 6.54 Å². The van der Waals surface area contributed by atoms with Crippen LogP contribution >= 0.6 is 0 Å². The maximum Gasteiger partial charge on any atom is 0.160 e. The summed E-state index contributed by atoms with van der Waals surface area (Å²) in [6.07, 6.45) is 1.68. The lowest BCUT2D eigenvalue weighted by Gasteiger charge is -2.06. The van der Waals surface area contributed by atoms with Crippen molar-refractivity contribution >= 4 is 5.69 Å². The number of hydrogen-bond acceptors (Lipinski definition) is 2. The van der Waals surface area contributed by atoms with E-state index in [0.717, 1.165) is 17.8 Å². The Morgan fingerprint density at radius 1 is 1.25 bits per heavy atom. The molecule has 0 fully saturated rings. The second-order valence-corrected chi connectivity index (χ2v) is 3.43. The minimum Gasteiger partial charge on any atom is -0.379 e. The molecule has 0 aliphatic heterocycles. The van der Waals surface area contributed by atoms with Crippen molar-refractivity contribution in [3.63, 3.8) is 0 Å². The van der Waals surface area contributed by atoms with Crippen molar-refractivity contribution in [2.24, 2.45) is 7.05 Å². The molecule has 1 aromatic carbocycles. The third kappa shape index (κ3) is 2.18. The quantitative estimate of drug-likeness (QED) is 0.865. The number of hydrogen-bond donors (Lipinski definition) is 1. The van der Waals surface area contributed by atoms with Gasteiger partial charge in [-0.3, -0.25) is 4.68 Å². The third-order valence-electron chi connectivity index (χ3n) is 2.32. The Balaban J connectivity index is 2.05. The smallest absolute Gasteiger partial charge is 0.160 e. The molecule has 0 aliphatic rings. The van der Waals surface area contributed by atoms with Crippen LogP contribution in [0.2, 0.25) is 0 Å². The SMILES string of the molecule is Cn1nccc1CNc1ccc(F)c(F)c1. The molecule has 3 nitrogen and oxygen atoms in total. The summed E-state index contributed by atoms with van der Waals surface area (Å²) in [7, 11) is 1.82. The molecule has 5 heteroatoms. The molecule has 1 heterocycles. The van der Waals surface area contributed by atoms with Gasteiger partial charge >= 0.3 is 0 Å². The first-order valence-corrected chi connectivity index (χ1v) is 4.82. The van der Waals surface area contributed by atoms with Crippen molar-refractivity contribution in [1.29, 1.82) is 0 Å². The second-order valence-electron chi connectivity index (χ2n) is 3.43. The van der Waals surface area contributed by atoms with Crippen molar-refractivity contribution in [1.82, 2.24) is 9.78 Å². The number of aromatic nitrogens is 2. The Morgan fingerprint density at radius 2 is 2.06 bits per heavy atom. The average molecular weight is 223 g/mol. The molecule has 84 valence electrons. The van der Waals surface area contributed by atoms with E-state index in [2.05, 4.69) is 10.4 Å². The largest absolute Gasteiger partial charge is 0.379 e. The highest BCUT2D eigenvalue weighted by molar-refractivity contribution is 5.43. The van der Waals surface area contributed by atoms with Gasteiger partial charge in [0.15, 0.2) is 11.6 Å². The molecular weight excluding hydrogens is 212 g/mol. The average Bonchev–Trinajstić information content (AvgIpc) is 2.66.